The molecule has 32 heavy (non-hydrogen) atoms. The molecule has 2 aromatic heterocycles. The maximum Gasteiger partial charge on any atom is 0.231 e. The molecule has 5 aromatic rings. The SMILES string of the molecule is Cc1ccc(N=Cc2c(-c3ccccc3)nc3sc(-c4ccc5c(c4)OCO5)nn23)cc1. The quantitative estimate of drug-likeness (QED) is 0.327. The van der Waals surface area contributed by atoms with Gasteiger partial charge in [-0.1, -0.05) is 59.4 Å². The topological polar surface area (TPSA) is 61.0 Å². The second-order valence-corrected chi connectivity index (χ2v) is 8.43. The van der Waals surface area contributed by atoms with Crippen LogP contribution in [0.5, 0.6) is 11.5 Å². The Morgan fingerprint density at radius 1 is 0.938 bits per heavy atom. The van der Waals surface area contributed by atoms with Crippen LogP contribution in [0.25, 0.3) is 26.8 Å². The van der Waals surface area contributed by atoms with Gasteiger partial charge in [0.25, 0.3) is 0 Å². The molecule has 3 heterocycles. The molecule has 0 unspecified atom stereocenters. The van der Waals surface area contributed by atoms with Crippen molar-refractivity contribution < 1.29 is 9.47 Å². The highest BCUT2D eigenvalue weighted by molar-refractivity contribution is 7.19. The number of fused-ring (bicyclic) bond motifs is 2. The number of benzene rings is 3. The molecule has 1 aliphatic heterocycles. The molecule has 7 heteroatoms. The minimum absolute atomic E-state index is 0.250. The van der Waals surface area contributed by atoms with E-state index in [9.17, 15) is 0 Å². The number of aromatic nitrogens is 3. The van der Waals surface area contributed by atoms with E-state index in [1.165, 1.54) is 16.9 Å². The zero-order valence-corrected chi connectivity index (χ0v) is 18.0. The number of hydrogen-bond acceptors (Lipinski definition) is 6. The molecule has 0 saturated carbocycles. The van der Waals surface area contributed by atoms with Crippen LogP contribution in [-0.2, 0) is 0 Å². The Kier molecular flexibility index (Phi) is 4.47. The van der Waals surface area contributed by atoms with Crippen LogP contribution >= 0.6 is 11.3 Å². The van der Waals surface area contributed by atoms with Crippen molar-refractivity contribution in [1.82, 2.24) is 14.6 Å². The van der Waals surface area contributed by atoms with Crippen molar-refractivity contribution >= 4 is 28.2 Å². The van der Waals surface area contributed by atoms with Crippen LogP contribution in [0, 0.1) is 6.92 Å². The summed E-state index contributed by atoms with van der Waals surface area (Å²) in [5.74, 6) is 1.49. The molecule has 3 aromatic carbocycles. The van der Waals surface area contributed by atoms with Gasteiger partial charge >= 0.3 is 0 Å². The third kappa shape index (κ3) is 3.33. The van der Waals surface area contributed by atoms with Gasteiger partial charge in [0.1, 0.15) is 16.4 Å². The van der Waals surface area contributed by atoms with E-state index in [4.69, 9.17) is 24.5 Å². The summed E-state index contributed by atoms with van der Waals surface area (Å²) in [6.45, 7) is 2.31. The second kappa shape index (κ2) is 7.62. The molecule has 6 nitrogen and oxygen atoms in total. The molecule has 0 N–H and O–H groups in total. The maximum absolute atomic E-state index is 5.52. The monoisotopic (exact) mass is 438 g/mol. The van der Waals surface area contributed by atoms with Crippen LogP contribution in [0.1, 0.15) is 11.3 Å². The molecule has 0 atom stereocenters. The second-order valence-electron chi connectivity index (χ2n) is 7.48. The average molecular weight is 439 g/mol. The van der Waals surface area contributed by atoms with E-state index in [0.29, 0.717) is 0 Å². The van der Waals surface area contributed by atoms with Crippen LogP contribution in [0.15, 0.2) is 77.8 Å². The summed E-state index contributed by atoms with van der Waals surface area (Å²) >= 11 is 1.53. The largest absolute Gasteiger partial charge is 0.454 e. The van der Waals surface area contributed by atoms with E-state index in [2.05, 4.69) is 31.2 Å². The normalized spacial score (nSPS) is 12.8. The molecule has 0 bridgehead atoms. The van der Waals surface area contributed by atoms with Crippen molar-refractivity contribution in [2.24, 2.45) is 4.99 Å². The Morgan fingerprint density at radius 2 is 1.75 bits per heavy atom. The first kappa shape index (κ1) is 18.8. The minimum Gasteiger partial charge on any atom is -0.454 e. The third-order valence-electron chi connectivity index (χ3n) is 5.27. The van der Waals surface area contributed by atoms with Crippen LogP contribution in [0.2, 0.25) is 0 Å². The Balaban J connectivity index is 1.47. The van der Waals surface area contributed by atoms with Crippen LogP contribution in [0.3, 0.4) is 0 Å². The van der Waals surface area contributed by atoms with Gasteiger partial charge in [-0.05, 0) is 37.3 Å². The fourth-order valence-electron chi connectivity index (χ4n) is 3.60. The fraction of sp³-hybridized carbons (Fsp3) is 0.0800. The van der Waals surface area contributed by atoms with E-state index in [1.54, 1.807) is 0 Å². The van der Waals surface area contributed by atoms with E-state index in [-0.39, 0.29) is 6.79 Å². The average Bonchev–Trinajstić information content (AvgIpc) is 3.53. The Morgan fingerprint density at radius 3 is 2.59 bits per heavy atom. The van der Waals surface area contributed by atoms with Crippen molar-refractivity contribution in [2.75, 3.05) is 6.79 Å². The summed E-state index contributed by atoms with van der Waals surface area (Å²) in [5.41, 5.74) is 5.78. The molecule has 0 spiro atoms. The number of hydrogen-bond donors (Lipinski definition) is 0. The van der Waals surface area contributed by atoms with E-state index in [1.807, 2.05) is 59.3 Å². The first-order valence-corrected chi connectivity index (χ1v) is 11.0. The van der Waals surface area contributed by atoms with Gasteiger partial charge in [0.05, 0.1) is 11.9 Å². The number of aliphatic imine (C=N–C) groups is 1. The summed E-state index contributed by atoms with van der Waals surface area (Å²) in [7, 11) is 0. The molecular formula is C25H18N4O2S. The van der Waals surface area contributed by atoms with Crippen LogP contribution in [0.4, 0.5) is 5.69 Å². The number of rotatable bonds is 4. The van der Waals surface area contributed by atoms with Gasteiger partial charge < -0.3 is 9.47 Å². The zero-order chi connectivity index (χ0) is 21.5. The Labute approximate surface area is 188 Å². The van der Waals surface area contributed by atoms with Gasteiger partial charge in [-0.3, -0.25) is 4.99 Å². The van der Waals surface area contributed by atoms with Gasteiger partial charge in [0, 0.05) is 11.1 Å². The lowest BCUT2D eigenvalue weighted by Gasteiger charge is -2.01. The molecule has 0 amide bonds. The van der Waals surface area contributed by atoms with Crippen LogP contribution < -0.4 is 9.47 Å². The predicted molar refractivity (Wildman–Crippen MR) is 126 cm³/mol. The van der Waals surface area contributed by atoms with E-state index < -0.39 is 0 Å². The molecule has 0 saturated heterocycles. The lowest BCUT2D eigenvalue weighted by molar-refractivity contribution is 0.174. The Bertz CT molecular complexity index is 1450. The zero-order valence-electron chi connectivity index (χ0n) is 17.2. The number of ether oxygens (including phenoxy) is 2. The molecule has 1 aliphatic rings. The summed E-state index contributed by atoms with van der Waals surface area (Å²) in [4.78, 5) is 10.4. The number of imidazole rings is 1. The van der Waals surface area contributed by atoms with Crippen molar-refractivity contribution in [3.63, 3.8) is 0 Å². The minimum atomic E-state index is 0.250. The van der Waals surface area contributed by atoms with Gasteiger partial charge in [0.15, 0.2) is 11.5 Å². The number of nitrogens with zero attached hydrogens (tertiary/aromatic N) is 4. The predicted octanol–water partition coefficient (Wildman–Crippen LogP) is 5.91. The van der Waals surface area contributed by atoms with E-state index >= 15 is 0 Å². The van der Waals surface area contributed by atoms with Crippen LogP contribution in [-0.4, -0.2) is 27.6 Å². The van der Waals surface area contributed by atoms with Crippen molar-refractivity contribution in [3.05, 3.63) is 84.1 Å². The first-order valence-electron chi connectivity index (χ1n) is 10.2. The van der Waals surface area contributed by atoms with Crippen molar-refractivity contribution in [3.8, 4) is 33.3 Å². The molecule has 6 rings (SSSR count). The van der Waals surface area contributed by atoms with Gasteiger partial charge in [0.2, 0.25) is 11.8 Å². The van der Waals surface area contributed by atoms with E-state index in [0.717, 1.165) is 49.7 Å². The molecular weight excluding hydrogens is 420 g/mol. The summed E-state index contributed by atoms with van der Waals surface area (Å²) < 4.78 is 12.8. The fourth-order valence-corrected chi connectivity index (χ4v) is 4.50. The summed E-state index contributed by atoms with van der Waals surface area (Å²) in [6.07, 6.45) is 1.84. The number of aryl methyl sites for hydroxylation is 1. The summed E-state index contributed by atoms with van der Waals surface area (Å²) in [5, 5.41) is 5.72. The van der Waals surface area contributed by atoms with Gasteiger partial charge in [-0.25, -0.2) is 9.50 Å². The van der Waals surface area contributed by atoms with Crippen molar-refractivity contribution in [1.29, 1.82) is 0 Å². The molecule has 156 valence electrons. The third-order valence-corrected chi connectivity index (χ3v) is 6.23. The smallest absolute Gasteiger partial charge is 0.231 e. The van der Waals surface area contributed by atoms with Crippen molar-refractivity contribution in [2.45, 2.75) is 6.92 Å². The molecule has 0 fully saturated rings. The first-order chi connectivity index (χ1) is 15.7. The molecule has 0 aliphatic carbocycles. The van der Waals surface area contributed by atoms with Gasteiger partial charge in [-0.15, -0.1) is 0 Å². The highest BCUT2D eigenvalue weighted by Crippen LogP contribution is 2.37. The highest BCUT2D eigenvalue weighted by Gasteiger charge is 2.19. The summed E-state index contributed by atoms with van der Waals surface area (Å²) in [6, 6.07) is 24.1. The maximum atomic E-state index is 5.52. The van der Waals surface area contributed by atoms with Gasteiger partial charge in [-0.2, -0.15) is 5.10 Å². The standard InChI is InChI=1S/C25H18N4O2S/c1-16-7-10-19(11-8-16)26-14-20-23(17-5-3-2-4-6-17)27-25-29(20)28-24(32-25)18-9-12-21-22(13-18)31-15-30-21/h2-14H,15H2,1H3. The lowest BCUT2D eigenvalue weighted by atomic mass is 10.1. The highest BCUT2D eigenvalue weighted by atomic mass is 32.1. The lowest BCUT2D eigenvalue weighted by Crippen LogP contribution is -1.95. The molecule has 0 radical (unpaired) electrons. The Hall–Kier alpha value is -3.97.